The normalized spacial score (nSPS) is 12.5. The summed E-state index contributed by atoms with van der Waals surface area (Å²) in [6.07, 6.45) is -3.16. The Morgan fingerprint density at radius 3 is 2.33 bits per heavy atom. The molecule has 0 aliphatic carbocycles. The van der Waals surface area contributed by atoms with Gasteiger partial charge in [0.05, 0.1) is 6.54 Å². The van der Waals surface area contributed by atoms with E-state index in [1.54, 1.807) is 0 Å². The van der Waals surface area contributed by atoms with Crippen molar-refractivity contribution >= 4 is 29.9 Å². The van der Waals surface area contributed by atoms with Gasteiger partial charge in [0.2, 0.25) is 0 Å². The van der Waals surface area contributed by atoms with Crippen molar-refractivity contribution in [3.05, 3.63) is 0 Å². The number of nitrogens with one attached hydrogen (secondary N) is 2. The SMILES string of the molecule is CCNC(=NCCC(C)C)NCCN(C)CC(F)(F)F.I. The number of rotatable bonds is 8. The highest BCUT2D eigenvalue weighted by Crippen LogP contribution is 2.14. The third-order valence-electron chi connectivity index (χ3n) is 2.56. The number of halogens is 4. The molecular formula is C13H28F3IN4. The van der Waals surface area contributed by atoms with E-state index in [0.29, 0.717) is 31.5 Å². The molecule has 0 rings (SSSR count). The van der Waals surface area contributed by atoms with Crippen molar-refractivity contribution in [1.82, 2.24) is 15.5 Å². The van der Waals surface area contributed by atoms with Crippen LogP contribution in [0.2, 0.25) is 0 Å². The smallest absolute Gasteiger partial charge is 0.357 e. The lowest BCUT2D eigenvalue weighted by molar-refractivity contribution is -0.142. The molecule has 0 saturated carbocycles. The Labute approximate surface area is 143 Å². The fraction of sp³-hybridized carbons (Fsp3) is 0.923. The number of hydrogen-bond acceptors (Lipinski definition) is 2. The van der Waals surface area contributed by atoms with E-state index in [4.69, 9.17) is 0 Å². The average molecular weight is 424 g/mol. The van der Waals surface area contributed by atoms with E-state index >= 15 is 0 Å². The summed E-state index contributed by atoms with van der Waals surface area (Å²) in [4.78, 5) is 5.62. The maximum absolute atomic E-state index is 12.2. The Balaban J connectivity index is 0. The summed E-state index contributed by atoms with van der Waals surface area (Å²) in [5.74, 6) is 1.24. The highest BCUT2D eigenvalue weighted by atomic mass is 127. The van der Waals surface area contributed by atoms with Gasteiger partial charge in [-0.25, -0.2) is 0 Å². The van der Waals surface area contributed by atoms with Crippen LogP contribution in [0.1, 0.15) is 27.2 Å². The molecular weight excluding hydrogens is 396 g/mol. The first kappa shape index (κ1) is 23.0. The molecule has 0 heterocycles. The lowest BCUT2D eigenvalue weighted by Crippen LogP contribution is -2.42. The predicted molar refractivity (Wildman–Crippen MR) is 92.4 cm³/mol. The summed E-state index contributed by atoms with van der Waals surface area (Å²) >= 11 is 0. The van der Waals surface area contributed by atoms with Gasteiger partial charge in [-0.15, -0.1) is 24.0 Å². The van der Waals surface area contributed by atoms with Crippen LogP contribution in [0, 0.1) is 5.92 Å². The zero-order valence-corrected chi connectivity index (χ0v) is 15.6. The van der Waals surface area contributed by atoms with Gasteiger partial charge in [0.25, 0.3) is 0 Å². The molecule has 0 saturated heterocycles. The molecule has 0 bridgehead atoms. The van der Waals surface area contributed by atoms with Crippen LogP contribution in [-0.4, -0.2) is 56.8 Å². The molecule has 0 atom stereocenters. The molecule has 2 N–H and O–H groups in total. The second-order valence-electron chi connectivity index (χ2n) is 5.22. The molecule has 0 amide bonds. The number of likely N-dealkylation sites (N-methyl/N-ethyl adjacent to an activating group) is 1. The van der Waals surface area contributed by atoms with Gasteiger partial charge in [0, 0.05) is 26.2 Å². The summed E-state index contributed by atoms with van der Waals surface area (Å²) in [7, 11) is 1.46. The minimum Gasteiger partial charge on any atom is -0.357 e. The summed E-state index contributed by atoms with van der Waals surface area (Å²) < 4.78 is 36.5. The van der Waals surface area contributed by atoms with Gasteiger partial charge < -0.3 is 10.6 Å². The van der Waals surface area contributed by atoms with Gasteiger partial charge in [-0.2, -0.15) is 13.2 Å². The van der Waals surface area contributed by atoms with Gasteiger partial charge in [-0.1, -0.05) is 13.8 Å². The summed E-state index contributed by atoms with van der Waals surface area (Å²) in [5, 5.41) is 6.12. The van der Waals surface area contributed by atoms with Gasteiger partial charge >= 0.3 is 6.18 Å². The number of guanidine groups is 1. The van der Waals surface area contributed by atoms with Crippen molar-refractivity contribution in [2.75, 3.05) is 39.8 Å². The third-order valence-corrected chi connectivity index (χ3v) is 2.56. The molecule has 0 fully saturated rings. The molecule has 0 aliphatic heterocycles. The van der Waals surface area contributed by atoms with Crippen LogP contribution in [0.3, 0.4) is 0 Å². The molecule has 8 heteroatoms. The molecule has 0 aromatic rings. The number of aliphatic imine (C=N–C) groups is 1. The number of alkyl halides is 3. The Kier molecular flexibility index (Phi) is 13.5. The van der Waals surface area contributed by atoms with Crippen molar-refractivity contribution in [1.29, 1.82) is 0 Å². The Hall–Kier alpha value is -0.250. The van der Waals surface area contributed by atoms with E-state index in [1.165, 1.54) is 11.9 Å². The maximum Gasteiger partial charge on any atom is 0.401 e. The van der Waals surface area contributed by atoms with Crippen LogP contribution < -0.4 is 10.6 Å². The highest BCUT2D eigenvalue weighted by molar-refractivity contribution is 14.0. The van der Waals surface area contributed by atoms with Crippen molar-refractivity contribution in [3.8, 4) is 0 Å². The monoisotopic (exact) mass is 424 g/mol. The molecule has 21 heavy (non-hydrogen) atoms. The first-order chi connectivity index (χ1) is 9.24. The molecule has 0 unspecified atom stereocenters. The summed E-state index contributed by atoms with van der Waals surface area (Å²) in [6, 6.07) is 0. The molecule has 0 radical (unpaired) electrons. The lowest BCUT2D eigenvalue weighted by atomic mass is 10.1. The van der Waals surface area contributed by atoms with Gasteiger partial charge in [0.15, 0.2) is 5.96 Å². The van der Waals surface area contributed by atoms with E-state index in [2.05, 4.69) is 29.5 Å². The molecule has 128 valence electrons. The van der Waals surface area contributed by atoms with Gasteiger partial charge in [0.1, 0.15) is 0 Å². The highest BCUT2D eigenvalue weighted by Gasteiger charge is 2.28. The van der Waals surface area contributed by atoms with Crippen molar-refractivity contribution in [2.24, 2.45) is 10.9 Å². The van der Waals surface area contributed by atoms with E-state index < -0.39 is 12.7 Å². The van der Waals surface area contributed by atoms with Crippen LogP contribution in [0.15, 0.2) is 4.99 Å². The van der Waals surface area contributed by atoms with E-state index in [-0.39, 0.29) is 24.0 Å². The topological polar surface area (TPSA) is 39.7 Å². The van der Waals surface area contributed by atoms with Crippen molar-refractivity contribution in [2.45, 2.75) is 33.4 Å². The van der Waals surface area contributed by atoms with Crippen LogP contribution in [0.4, 0.5) is 13.2 Å². The van der Waals surface area contributed by atoms with Crippen LogP contribution in [-0.2, 0) is 0 Å². The standard InChI is InChI=1S/C13H27F3N4.HI/c1-5-17-12(18-7-6-11(2)3)19-8-9-20(4)10-13(14,15)16;/h11H,5-10H2,1-4H3,(H2,17,18,19);1H. The molecule has 4 nitrogen and oxygen atoms in total. The first-order valence-electron chi connectivity index (χ1n) is 7.02. The largest absolute Gasteiger partial charge is 0.401 e. The predicted octanol–water partition coefficient (Wildman–Crippen LogP) is 2.70. The zero-order chi connectivity index (χ0) is 15.6. The first-order valence-corrected chi connectivity index (χ1v) is 7.02. The lowest BCUT2D eigenvalue weighted by Gasteiger charge is -2.19. The van der Waals surface area contributed by atoms with Gasteiger partial charge in [-0.3, -0.25) is 9.89 Å². The van der Waals surface area contributed by atoms with E-state index in [1.807, 2.05) is 6.92 Å². The molecule has 0 aromatic carbocycles. The minimum atomic E-state index is -4.15. The minimum absolute atomic E-state index is 0. The number of nitrogens with zero attached hydrogens (tertiary/aromatic N) is 2. The molecule has 0 aromatic heterocycles. The van der Waals surface area contributed by atoms with Crippen LogP contribution >= 0.6 is 24.0 Å². The Morgan fingerprint density at radius 2 is 1.86 bits per heavy atom. The fourth-order valence-corrected chi connectivity index (χ4v) is 1.53. The number of hydrogen-bond donors (Lipinski definition) is 2. The van der Waals surface area contributed by atoms with Crippen molar-refractivity contribution in [3.63, 3.8) is 0 Å². The quantitative estimate of drug-likeness (QED) is 0.358. The summed E-state index contributed by atoms with van der Waals surface area (Å²) in [6.45, 7) is 7.50. The molecule has 0 spiro atoms. The van der Waals surface area contributed by atoms with Gasteiger partial charge in [-0.05, 0) is 26.3 Å². The second kappa shape index (κ2) is 12.3. The Morgan fingerprint density at radius 1 is 1.24 bits per heavy atom. The van der Waals surface area contributed by atoms with Crippen molar-refractivity contribution < 1.29 is 13.2 Å². The maximum atomic E-state index is 12.2. The van der Waals surface area contributed by atoms with E-state index in [0.717, 1.165) is 13.0 Å². The fourth-order valence-electron chi connectivity index (χ4n) is 1.53. The van der Waals surface area contributed by atoms with Crippen LogP contribution in [0.25, 0.3) is 0 Å². The summed E-state index contributed by atoms with van der Waals surface area (Å²) in [5.41, 5.74) is 0. The van der Waals surface area contributed by atoms with Crippen LogP contribution in [0.5, 0.6) is 0 Å². The zero-order valence-electron chi connectivity index (χ0n) is 13.3. The third kappa shape index (κ3) is 16.0. The Bertz CT molecular complexity index is 283. The van der Waals surface area contributed by atoms with E-state index in [9.17, 15) is 13.2 Å². The second-order valence-corrected chi connectivity index (χ2v) is 5.22. The molecule has 0 aliphatic rings. The average Bonchev–Trinajstić information content (AvgIpc) is 2.25.